The van der Waals surface area contributed by atoms with Crippen LogP contribution in [0.5, 0.6) is 0 Å². The van der Waals surface area contributed by atoms with Gasteiger partial charge in [-0.25, -0.2) is 0 Å². The van der Waals surface area contributed by atoms with Gasteiger partial charge in [-0.15, -0.1) is 0 Å². The molecule has 0 aromatic carbocycles. The van der Waals surface area contributed by atoms with Gasteiger partial charge in [-0.3, -0.25) is 0 Å². The molecule has 0 radical (unpaired) electrons. The van der Waals surface area contributed by atoms with Gasteiger partial charge in [0.05, 0.1) is 0 Å². The average molecular weight is 212 g/mol. The van der Waals surface area contributed by atoms with Gasteiger partial charge in [0.25, 0.3) is 0 Å². The molecule has 1 saturated carbocycles. The molecule has 0 N–H and O–H groups in total. The molecule has 0 bridgehead atoms. The highest BCUT2D eigenvalue weighted by atomic mass is 28.3. The fraction of sp³-hybridized carbons (Fsp3) is 1.00. The highest BCUT2D eigenvalue weighted by Crippen LogP contribution is 2.36. The lowest BCUT2D eigenvalue weighted by molar-refractivity contribution is 0.204. The second kappa shape index (κ2) is 4.83. The monoisotopic (exact) mass is 212 g/mol. The fourth-order valence-electron chi connectivity index (χ4n) is 2.56. The molecule has 0 heterocycles. The van der Waals surface area contributed by atoms with Gasteiger partial charge in [-0.2, -0.15) is 0 Å². The molecule has 0 spiro atoms. The first-order valence-corrected chi connectivity index (χ1v) is 10.1. The molecule has 0 aromatic rings. The van der Waals surface area contributed by atoms with Gasteiger partial charge < -0.3 is 0 Å². The van der Waals surface area contributed by atoms with Crippen LogP contribution in [0.25, 0.3) is 0 Å². The van der Waals surface area contributed by atoms with Gasteiger partial charge in [-0.1, -0.05) is 58.8 Å². The molecule has 1 aliphatic carbocycles. The van der Waals surface area contributed by atoms with E-state index in [0.29, 0.717) is 0 Å². The summed E-state index contributed by atoms with van der Waals surface area (Å²) in [5.74, 6) is 3.03. The Hall–Kier alpha value is 0.217. The maximum atomic E-state index is 2.50. The lowest BCUT2D eigenvalue weighted by atomic mass is 9.75. The summed E-state index contributed by atoms with van der Waals surface area (Å²) < 4.78 is 0. The highest BCUT2D eigenvalue weighted by Gasteiger charge is 2.25. The molecule has 0 saturated heterocycles. The Morgan fingerprint density at radius 3 is 2.14 bits per heavy atom. The summed E-state index contributed by atoms with van der Waals surface area (Å²) in [4.78, 5) is 0. The van der Waals surface area contributed by atoms with Crippen molar-refractivity contribution in [3.8, 4) is 0 Å². The van der Waals surface area contributed by atoms with E-state index in [0.717, 1.165) is 17.8 Å². The van der Waals surface area contributed by atoms with Crippen LogP contribution in [0.15, 0.2) is 0 Å². The van der Waals surface area contributed by atoms with Gasteiger partial charge in [0, 0.05) is 8.07 Å². The molecule has 0 nitrogen and oxygen atoms in total. The van der Waals surface area contributed by atoms with Crippen molar-refractivity contribution >= 4 is 8.07 Å². The number of rotatable bonds is 3. The average Bonchev–Trinajstić information content (AvgIpc) is 2.06. The van der Waals surface area contributed by atoms with E-state index in [9.17, 15) is 0 Å². The van der Waals surface area contributed by atoms with Crippen molar-refractivity contribution in [2.75, 3.05) is 0 Å². The minimum absolute atomic E-state index is 0.780. The van der Waals surface area contributed by atoms with Gasteiger partial charge in [0.1, 0.15) is 0 Å². The van der Waals surface area contributed by atoms with Crippen LogP contribution >= 0.6 is 0 Å². The van der Waals surface area contributed by atoms with E-state index in [2.05, 4.69) is 33.5 Å². The van der Waals surface area contributed by atoms with E-state index in [-0.39, 0.29) is 0 Å². The third-order valence-corrected chi connectivity index (χ3v) is 5.80. The zero-order valence-electron chi connectivity index (χ0n) is 10.8. The zero-order chi connectivity index (χ0) is 10.8. The van der Waals surface area contributed by atoms with Crippen molar-refractivity contribution in [3.05, 3.63) is 0 Å². The van der Waals surface area contributed by atoms with Crippen LogP contribution in [0.3, 0.4) is 0 Å². The van der Waals surface area contributed by atoms with E-state index in [1.165, 1.54) is 25.7 Å². The maximum Gasteiger partial charge on any atom is 0.0442 e. The fourth-order valence-corrected chi connectivity index (χ4v) is 3.83. The second-order valence-corrected chi connectivity index (χ2v) is 12.4. The normalized spacial score (nSPS) is 34.5. The lowest BCUT2D eigenvalue weighted by Crippen LogP contribution is -2.24. The Labute approximate surface area is 91.5 Å². The summed E-state index contributed by atoms with van der Waals surface area (Å²) in [7, 11) is -0.780. The van der Waals surface area contributed by atoms with E-state index in [1.807, 2.05) is 0 Å². The zero-order valence-corrected chi connectivity index (χ0v) is 11.8. The van der Waals surface area contributed by atoms with Crippen molar-refractivity contribution in [2.45, 2.75) is 65.2 Å². The van der Waals surface area contributed by atoms with Gasteiger partial charge in [-0.05, 0) is 24.2 Å². The molecule has 1 aliphatic rings. The Balaban J connectivity index is 2.27. The molecule has 1 rings (SSSR count). The topological polar surface area (TPSA) is 0 Å². The minimum atomic E-state index is -0.780. The smallest absolute Gasteiger partial charge is 0.0442 e. The molecular weight excluding hydrogens is 184 g/mol. The predicted molar refractivity (Wildman–Crippen MR) is 68.4 cm³/mol. The molecule has 0 aliphatic heterocycles. The number of hydrogen-bond donors (Lipinski definition) is 0. The Morgan fingerprint density at radius 1 is 1.00 bits per heavy atom. The van der Waals surface area contributed by atoms with Crippen LogP contribution in [0.4, 0.5) is 0 Å². The van der Waals surface area contributed by atoms with Crippen LogP contribution in [0.2, 0.25) is 25.7 Å². The maximum absolute atomic E-state index is 2.50. The molecule has 0 amide bonds. The van der Waals surface area contributed by atoms with Gasteiger partial charge in [0.15, 0.2) is 0 Å². The summed E-state index contributed by atoms with van der Waals surface area (Å²) in [5.41, 5.74) is 0. The Kier molecular flexibility index (Phi) is 4.24. The summed E-state index contributed by atoms with van der Waals surface area (Å²) in [5, 5.41) is 0. The van der Waals surface area contributed by atoms with E-state index >= 15 is 0 Å². The van der Waals surface area contributed by atoms with Crippen LogP contribution in [-0.4, -0.2) is 8.07 Å². The van der Waals surface area contributed by atoms with Gasteiger partial charge in [0.2, 0.25) is 0 Å². The summed E-state index contributed by atoms with van der Waals surface area (Å²) in [6.45, 7) is 12.4. The first kappa shape index (κ1) is 12.3. The Morgan fingerprint density at radius 2 is 1.64 bits per heavy atom. The van der Waals surface area contributed by atoms with Crippen LogP contribution in [0.1, 0.15) is 39.5 Å². The second-order valence-electron chi connectivity index (χ2n) is 6.73. The Bertz CT molecular complexity index is 169. The van der Waals surface area contributed by atoms with Crippen molar-refractivity contribution in [1.82, 2.24) is 0 Å². The molecule has 14 heavy (non-hydrogen) atoms. The molecular formula is C13H28Si. The number of hydrogen-bond acceptors (Lipinski definition) is 0. The van der Waals surface area contributed by atoms with Crippen LogP contribution in [0, 0.1) is 17.8 Å². The third-order valence-electron chi connectivity index (χ3n) is 4.01. The summed E-state index contributed by atoms with van der Waals surface area (Å²) >= 11 is 0. The molecule has 0 aromatic heterocycles. The minimum Gasteiger partial charge on any atom is -0.0695 e. The van der Waals surface area contributed by atoms with E-state index in [1.54, 1.807) is 6.04 Å². The van der Waals surface area contributed by atoms with Crippen molar-refractivity contribution < 1.29 is 0 Å². The lowest BCUT2D eigenvalue weighted by Gasteiger charge is -2.33. The molecule has 1 fully saturated rings. The van der Waals surface area contributed by atoms with Gasteiger partial charge >= 0.3 is 0 Å². The van der Waals surface area contributed by atoms with E-state index in [4.69, 9.17) is 0 Å². The van der Waals surface area contributed by atoms with Crippen molar-refractivity contribution in [1.29, 1.82) is 0 Å². The predicted octanol–water partition coefficient (Wildman–Crippen LogP) is 4.79. The van der Waals surface area contributed by atoms with Crippen LogP contribution < -0.4 is 0 Å². The SMILES string of the molecule is CC1CCC(CC[Si](C)(C)C)CC1C. The quantitative estimate of drug-likeness (QED) is 0.590. The summed E-state index contributed by atoms with van der Waals surface area (Å²) in [6.07, 6.45) is 6.02. The third kappa shape index (κ3) is 4.16. The molecule has 1 heteroatoms. The molecule has 3 unspecified atom stereocenters. The molecule has 84 valence electrons. The summed E-state index contributed by atoms with van der Waals surface area (Å²) in [6, 6.07) is 1.54. The largest absolute Gasteiger partial charge is 0.0695 e. The highest BCUT2D eigenvalue weighted by molar-refractivity contribution is 6.76. The standard InChI is InChI=1S/C13H28Si/c1-11-6-7-13(10-12(11)2)8-9-14(3,4)5/h11-13H,6-10H2,1-5H3. The van der Waals surface area contributed by atoms with E-state index < -0.39 is 8.07 Å². The van der Waals surface area contributed by atoms with Crippen molar-refractivity contribution in [2.24, 2.45) is 17.8 Å². The van der Waals surface area contributed by atoms with Crippen LogP contribution in [-0.2, 0) is 0 Å². The van der Waals surface area contributed by atoms with Crippen molar-refractivity contribution in [3.63, 3.8) is 0 Å². The first-order valence-electron chi connectivity index (χ1n) is 6.38. The molecule has 3 atom stereocenters. The first-order chi connectivity index (χ1) is 6.38.